The number of benzene rings is 2. The van der Waals surface area contributed by atoms with Crippen molar-refractivity contribution in [3.05, 3.63) is 96.3 Å². The zero-order valence-corrected chi connectivity index (χ0v) is 14.7. The molecular weight excluding hydrogens is 322 g/mol. The van der Waals surface area contributed by atoms with Gasteiger partial charge in [0.15, 0.2) is 0 Å². The SMILES string of the molecule is O=C(CCNCc1ccccn1)N(Cc1ccccc1)c1ccccc1. The van der Waals surface area contributed by atoms with E-state index in [4.69, 9.17) is 0 Å². The van der Waals surface area contributed by atoms with Gasteiger partial charge in [-0.2, -0.15) is 0 Å². The molecule has 1 heterocycles. The topological polar surface area (TPSA) is 45.2 Å². The molecule has 2 aromatic carbocycles. The quantitative estimate of drug-likeness (QED) is 0.632. The summed E-state index contributed by atoms with van der Waals surface area (Å²) >= 11 is 0. The van der Waals surface area contributed by atoms with Gasteiger partial charge >= 0.3 is 0 Å². The Balaban J connectivity index is 1.59. The minimum atomic E-state index is 0.105. The summed E-state index contributed by atoms with van der Waals surface area (Å²) in [7, 11) is 0. The van der Waals surface area contributed by atoms with E-state index in [2.05, 4.69) is 10.3 Å². The zero-order valence-electron chi connectivity index (χ0n) is 14.7. The fraction of sp³-hybridized carbons (Fsp3) is 0.182. The summed E-state index contributed by atoms with van der Waals surface area (Å²) in [5, 5.41) is 3.29. The largest absolute Gasteiger partial charge is 0.311 e. The van der Waals surface area contributed by atoms with Crippen LogP contribution in [0.5, 0.6) is 0 Å². The molecule has 0 unspecified atom stereocenters. The van der Waals surface area contributed by atoms with Gasteiger partial charge in [-0.1, -0.05) is 54.6 Å². The number of amides is 1. The van der Waals surface area contributed by atoms with Crippen LogP contribution in [0.25, 0.3) is 0 Å². The fourth-order valence-corrected chi connectivity index (χ4v) is 2.75. The first-order valence-corrected chi connectivity index (χ1v) is 8.83. The summed E-state index contributed by atoms with van der Waals surface area (Å²) < 4.78 is 0. The van der Waals surface area contributed by atoms with Crippen molar-refractivity contribution in [1.29, 1.82) is 0 Å². The van der Waals surface area contributed by atoms with Crippen LogP contribution in [0.1, 0.15) is 17.7 Å². The maximum absolute atomic E-state index is 12.8. The number of nitrogens with zero attached hydrogens (tertiary/aromatic N) is 2. The van der Waals surface area contributed by atoms with Crippen molar-refractivity contribution < 1.29 is 4.79 Å². The second-order valence-electron chi connectivity index (χ2n) is 6.05. The maximum atomic E-state index is 12.8. The third kappa shape index (κ3) is 5.26. The van der Waals surface area contributed by atoms with E-state index in [1.54, 1.807) is 6.20 Å². The molecule has 0 fully saturated rings. The van der Waals surface area contributed by atoms with E-state index < -0.39 is 0 Å². The fourth-order valence-electron chi connectivity index (χ4n) is 2.75. The van der Waals surface area contributed by atoms with Crippen molar-refractivity contribution in [2.24, 2.45) is 0 Å². The van der Waals surface area contributed by atoms with E-state index in [9.17, 15) is 4.79 Å². The highest BCUT2D eigenvalue weighted by molar-refractivity contribution is 5.93. The lowest BCUT2D eigenvalue weighted by Gasteiger charge is -2.23. The summed E-state index contributed by atoms with van der Waals surface area (Å²) in [4.78, 5) is 19.0. The van der Waals surface area contributed by atoms with E-state index >= 15 is 0 Å². The lowest BCUT2D eigenvalue weighted by Crippen LogP contribution is -2.32. The van der Waals surface area contributed by atoms with Crippen LogP contribution in [-0.2, 0) is 17.9 Å². The number of rotatable bonds is 8. The number of nitrogens with one attached hydrogen (secondary N) is 1. The molecule has 0 saturated carbocycles. The number of pyridine rings is 1. The van der Waals surface area contributed by atoms with Crippen LogP contribution in [0.4, 0.5) is 5.69 Å². The van der Waals surface area contributed by atoms with Crippen molar-refractivity contribution in [1.82, 2.24) is 10.3 Å². The molecule has 0 saturated heterocycles. The predicted molar refractivity (Wildman–Crippen MR) is 105 cm³/mol. The van der Waals surface area contributed by atoms with Crippen molar-refractivity contribution in [2.45, 2.75) is 19.5 Å². The molecule has 4 nitrogen and oxygen atoms in total. The van der Waals surface area contributed by atoms with E-state index in [0.717, 1.165) is 16.9 Å². The van der Waals surface area contributed by atoms with Crippen LogP contribution in [0.2, 0.25) is 0 Å². The van der Waals surface area contributed by atoms with Gasteiger partial charge in [0.1, 0.15) is 0 Å². The van der Waals surface area contributed by atoms with Crippen LogP contribution >= 0.6 is 0 Å². The van der Waals surface area contributed by atoms with Gasteiger partial charge in [0, 0.05) is 31.4 Å². The molecule has 0 bridgehead atoms. The lowest BCUT2D eigenvalue weighted by molar-refractivity contribution is -0.118. The van der Waals surface area contributed by atoms with Crippen molar-refractivity contribution in [2.75, 3.05) is 11.4 Å². The van der Waals surface area contributed by atoms with E-state index in [1.165, 1.54) is 0 Å². The predicted octanol–water partition coefficient (Wildman–Crippen LogP) is 3.79. The molecule has 4 heteroatoms. The average Bonchev–Trinajstić information content (AvgIpc) is 2.71. The second kappa shape index (κ2) is 9.49. The van der Waals surface area contributed by atoms with Crippen LogP contribution in [0.15, 0.2) is 85.1 Å². The second-order valence-corrected chi connectivity index (χ2v) is 6.05. The van der Waals surface area contributed by atoms with E-state index in [-0.39, 0.29) is 5.91 Å². The Morgan fingerprint density at radius 1 is 0.885 bits per heavy atom. The molecule has 3 aromatic rings. The third-order valence-electron chi connectivity index (χ3n) is 4.10. The highest BCUT2D eigenvalue weighted by Gasteiger charge is 2.15. The summed E-state index contributed by atoms with van der Waals surface area (Å²) in [5.41, 5.74) is 3.02. The number of aromatic nitrogens is 1. The molecule has 0 atom stereocenters. The Hall–Kier alpha value is -2.98. The Morgan fingerprint density at radius 2 is 1.58 bits per heavy atom. The molecular formula is C22H23N3O. The normalized spacial score (nSPS) is 10.5. The molecule has 0 aliphatic rings. The molecule has 132 valence electrons. The maximum Gasteiger partial charge on any atom is 0.228 e. The minimum Gasteiger partial charge on any atom is -0.311 e. The highest BCUT2D eigenvalue weighted by atomic mass is 16.2. The van der Waals surface area contributed by atoms with Gasteiger partial charge in [0.2, 0.25) is 5.91 Å². The molecule has 1 aromatic heterocycles. The van der Waals surface area contributed by atoms with Gasteiger partial charge in [-0.25, -0.2) is 0 Å². The molecule has 3 rings (SSSR count). The first-order valence-electron chi connectivity index (χ1n) is 8.83. The molecule has 0 radical (unpaired) electrons. The molecule has 1 N–H and O–H groups in total. The summed E-state index contributed by atoms with van der Waals surface area (Å²) in [6.07, 6.45) is 2.22. The van der Waals surface area contributed by atoms with Gasteiger partial charge in [-0.15, -0.1) is 0 Å². The average molecular weight is 345 g/mol. The van der Waals surface area contributed by atoms with Crippen LogP contribution < -0.4 is 10.2 Å². The standard InChI is InChI=1S/C22H23N3O/c26-22(14-16-23-17-20-11-7-8-15-24-20)25(21-12-5-2-6-13-21)18-19-9-3-1-4-10-19/h1-13,15,23H,14,16-18H2. The van der Waals surface area contributed by atoms with Crippen LogP contribution in [-0.4, -0.2) is 17.4 Å². The van der Waals surface area contributed by atoms with Crippen LogP contribution in [0, 0.1) is 0 Å². The first-order chi connectivity index (χ1) is 12.8. The number of hydrogen-bond donors (Lipinski definition) is 1. The summed E-state index contributed by atoms with van der Waals surface area (Å²) in [6.45, 7) is 1.86. The smallest absolute Gasteiger partial charge is 0.228 e. The molecule has 0 spiro atoms. The molecule has 26 heavy (non-hydrogen) atoms. The van der Waals surface area contributed by atoms with Gasteiger partial charge < -0.3 is 10.2 Å². The van der Waals surface area contributed by atoms with Gasteiger partial charge in [0.25, 0.3) is 0 Å². The van der Waals surface area contributed by atoms with E-state index in [1.807, 2.05) is 83.8 Å². The van der Waals surface area contributed by atoms with Crippen molar-refractivity contribution in [3.8, 4) is 0 Å². The lowest BCUT2D eigenvalue weighted by atomic mass is 10.2. The number of carbonyl (C=O) groups is 1. The number of anilines is 1. The Morgan fingerprint density at radius 3 is 2.27 bits per heavy atom. The Labute approximate surface area is 154 Å². The van der Waals surface area contributed by atoms with Crippen molar-refractivity contribution >= 4 is 11.6 Å². The van der Waals surface area contributed by atoms with Crippen LogP contribution in [0.3, 0.4) is 0 Å². The van der Waals surface area contributed by atoms with Gasteiger partial charge in [0.05, 0.1) is 12.2 Å². The summed E-state index contributed by atoms with van der Waals surface area (Å²) in [5.74, 6) is 0.105. The molecule has 0 aliphatic carbocycles. The van der Waals surface area contributed by atoms with Gasteiger partial charge in [-0.3, -0.25) is 9.78 Å². The third-order valence-corrected chi connectivity index (χ3v) is 4.10. The number of para-hydroxylation sites is 1. The number of hydrogen-bond acceptors (Lipinski definition) is 3. The summed E-state index contributed by atoms with van der Waals surface area (Å²) in [6, 6.07) is 25.7. The zero-order chi connectivity index (χ0) is 18.0. The van der Waals surface area contributed by atoms with Crippen molar-refractivity contribution in [3.63, 3.8) is 0 Å². The van der Waals surface area contributed by atoms with Gasteiger partial charge in [-0.05, 0) is 29.8 Å². The highest BCUT2D eigenvalue weighted by Crippen LogP contribution is 2.18. The minimum absolute atomic E-state index is 0.105. The Bertz CT molecular complexity index is 791. The molecule has 1 amide bonds. The van der Waals surface area contributed by atoms with E-state index in [0.29, 0.717) is 26.1 Å². The first kappa shape index (κ1) is 17.8. The molecule has 0 aliphatic heterocycles. The monoisotopic (exact) mass is 345 g/mol. The Kier molecular flexibility index (Phi) is 6.51. The number of carbonyl (C=O) groups excluding carboxylic acids is 1.